The molecule has 0 bridgehead atoms. The molecule has 2 saturated carbocycles. The fourth-order valence-corrected chi connectivity index (χ4v) is 4.41. The van der Waals surface area contributed by atoms with Gasteiger partial charge in [0.05, 0.1) is 18.8 Å². The molecule has 3 aliphatic rings. The first-order valence-corrected chi connectivity index (χ1v) is 9.99. The van der Waals surface area contributed by atoms with Crippen LogP contribution in [0, 0.1) is 5.92 Å². The number of hydrogen-bond donors (Lipinski definition) is 1. The Morgan fingerprint density at radius 1 is 1.12 bits per heavy atom. The van der Waals surface area contributed by atoms with E-state index in [1.165, 1.54) is 12.8 Å². The molecule has 2 aliphatic carbocycles. The molecule has 140 valence electrons. The third-order valence-electron chi connectivity index (χ3n) is 6.15. The zero-order valence-electron chi connectivity index (χ0n) is 15.3. The summed E-state index contributed by atoms with van der Waals surface area (Å²) in [5.74, 6) is 0.239. The van der Waals surface area contributed by atoms with E-state index in [-0.39, 0.29) is 23.3 Å². The summed E-state index contributed by atoms with van der Waals surface area (Å²) in [6.07, 6.45) is 8.73. The molecular weight excluding hydrogens is 328 g/mol. The van der Waals surface area contributed by atoms with E-state index < -0.39 is 0 Å². The zero-order chi connectivity index (χ0) is 18.0. The molecule has 5 nitrogen and oxygen atoms in total. The molecule has 0 atom stereocenters. The molecule has 5 heteroatoms. The van der Waals surface area contributed by atoms with Crippen LogP contribution in [0.25, 0.3) is 0 Å². The summed E-state index contributed by atoms with van der Waals surface area (Å²) in [6, 6.07) is 7.36. The predicted octanol–water partition coefficient (Wildman–Crippen LogP) is 3.60. The Morgan fingerprint density at radius 2 is 1.92 bits per heavy atom. The number of carbonyl (C=O) groups excluding carboxylic acids is 2. The number of anilines is 1. The lowest BCUT2D eigenvalue weighted by Gasteiger charge is -2.48. The molecule has 26 heavy (non-hydrogen) atoms. The van der Waals surface area contributed by atoms with Crippen LogP contribution in [0.3, 0.4) is 0 Å². The lowest BCUT2D eigenvalue weighted by atomic mass is 9.79. The number of nitrogens with one attached hydrogen (secondary N) is 1. The van der Waals surface area contributed by atoms with Gasteiger partial charge in [-0.2, -0.15) is 0 Å². The zero-order valence-corrected chi connectivity index (χ0v) is 15.3. The van der Waals surface area contributed by atoms with Gasteiger partial charge in [-0.05, 0) is 50.3 Å². The highest BCUT2D eigenvalue weighted by Gasteiger charge is 2.43. The quantitative estimate of drug-likeness (QED) is 0.900. The highest BCUT2D eigenvalue weighted by molar-refractivity contribution is 5.97. The second-order valence-electron chi connectivity index (χ2n) is 8.02. The van der Waals surface area contributed by atoms with E-state index in [2.05, 4.69) is 5.32 Å². The Balaban J connectivity index is 1.41. The van der Waals surface area contributed by atoms with Gasteiger partial charge in [-0.3, -0.25) is 9.59 Å². The largest absolute Gasteiger partial charge is 0.371 e. The van der Waals surface area contributed by atoms with E-state index in [1.54, 1.807) is 0 Å². The third kappa shape index (κ3) is 3.63. The van der Waals surface area contributed by atoms with E-state index in [1.807, 2.05) is 29.2 Å². The Bertz CT molecular complexity index is 678. The highest BCUT2D eigenvalue weighted by atomic mass is 16.5. The lowest BCUT2D eigenvalue weighted by molar-refractivity contribution is -0.142. The van der Waals surface area contributed by atoms with Crippen molar-refractivity contribution in [3.63, 3.8) is 0 Å². The van der Waals surface area contributed by atoms with Crippen molar-refractivity contribution < 1.29 is 14.3 Å². The van der Waals surface area contributed by atoms with Crippen LogP contribution in [-0.4, -0.2) is 42.0 Å². The number of benzene rings is 1. The van der Waals surface area contributed by atoms with Crippen LogP contribution in [0.4, 0.5) is 5.69 Å². The standard InChI is InChI=1S/C21H28N2O3/c24-19(16-6-2-1-3-7-16)22-18-9-4-8-17(14-18)20(25)23-12-13-26-21(15-23)10-5-11-21/h4,8-9,14,16H,1-3,5-7,10-13,15H2,(H,22,24). The Hall–Kier alpha value is -1.88. The smallest absolute Gasteiger partial charge is 0.254 e. The summed E-state index contributed by atoms with van der Waals surface area (Å²) in [5, 5.41) is 3.01. The lowest BCUT2D eigenvalue weighted by Crippen LogP contribution is -2.57. The molecule has 3 fully saturated rings. The van der Waals surface area contributed by atoms with Crippen LogP contribution in [0.1, 0.15) is 61.7 Å². The second-order valence-corrected chi connectivity index (χ2v) is 8.02. The van der Waals surface area contributed by atoms with Gasteiger partial charge in [-0.15, -0.1) is 0 Å². The highest BCUT2D eigenvalue weighted by Crippen LogP contribution is 2.38. The van der Waals surface area contributed by atoms with Crippen LogP contribution in [0.2, 0.25) is 0 Å². The summed E-state index contributed by atoms with van der Waals surface area (Å²) in [4.78, 5) is 27.3. The number of amides is 2. The van der Waals surface area contributed by atoms with E-state index >= 15 is 0 Å². The van der Waals surface area contributed by atoms with Gasteiger partial charge in [0, 0.05) is 23.7 Å². The summed E-state index contributed by atoms with van der Waals surface area (Å²) < 4.78 is 5.91. The number of ether oxygens (including phenoxy) is 1. The topological polar surface area (TPSA) is 58.6 Å². The minimum atomic E-state index is -0.0965. The van der Waals surface area contributed by atoms with Gasteiger partial charge >= 0.3 is 0 Å². The van der Waals surface area contributed by atoms with Crippen LogP contribution in [-0.2, 0) is 9.53 Å². The van der Waals surface area contributed by atoms with Crippen molar-refractivity contribution in [1.82, 2.24) is 4.90 Å². The summed E-state index contributed by atoms with van der Waals surface area (Å²) >= 11 is 0. The van der Waals surface area contributed by atoms with E-state index in [0.717, 1.165) is 44.2 Å². The molecule has 0 radical (unpaired) electrons. The van der Waals surface area contributed by atoms with E-state index in [0.29, 0.717) is 25.3 Å². The average Bonchev–Trinajstić information content (AvgIpc) is 2.67. The number of hydrogen-bond acceptors (Lipinski definition) is 3. The Morgan fingerprint density at radius 3 is 2.65 bits per heavy atom. The van der Waals surface area contributed by atoms with Gasteiger partial charge in [-0.25, -0.2) is 0 Å². The summed E-state index contributed by atoms with van der Waals surface area (Å²) in [6.45, 7) is 1.94. The van der Waals surface area contributed by atoms with Gasteiger partial charge in [0.15, 0.2) is 0 Å². The first-order valence-electron chi connectivity index (χ1n) is 9.99. The van der Waals surface area contributed by atoms with Crippen LogP contribution >= 0.6 is 0 Å². The fourth-order valence-electron chi connectivity index (χ4n) is 4.41. The van der Waals surface area contributed by atoms with Gasteiger partial charge in [-0.1, -0.05) is 25.3 Å². The van der Waals surface area contributed by atoms with Crippen molar-refractivity contribution >= 4 is 17.5 Å². The average molecular weight is 356 g/mol. The monoisotopic (exact) mass is 356 g/mol. The molecule has 1 aliphatic heterocycles. The van der Waals surface area contributed by atoms with Crippen molar-refractivity contribution in [3.8, 4) is 0 Å². The summed E-state index contributed by atoms with van der Waals surface area (Å²) in [7, 11) is 0. The molecule has 1 heterocycles. The predicted molar refractivity (Wildman–Crippen MR) is 100 cm³/mol. The molecule has 2 amide bonds. The maximum atomic E-state index is 12.9. The van der Waals surface area contributed by atoms with Crippen molar-refractivity contribution in [2.75, 3.05) is 25.0 Å². The molecule has 1 aromatic carbocycles. The van der Waals surface area contributed by atoms with Crippen LogP contribution in [0.15, 0.2) is 24.3 Å². The minimum Gasteiger partial charge on any atom is -0.371 e. The number of nitrogens with zero attached hydrogens (tertiary/aromatic N) is 1. The van der Waals surface area contributed by atoms with Gasteiger partial charge in [0.2, 0.25) is 5.91 Å². The first kappa shape index (κ1) is 17.5. The SMILES string of the molecule is O=C(Nc1cccc(C(=O)N2CCOC3(CCC3)C2)c1)C1CCCCC1. The molecule has 0 aromatic heterocycles. The fraction of sp³-hybridized carbons (Fsp3) is 0.619. The van der Waals surface area contributed by atoms with Crippen LogP contribution < -0.4 is 5.32 Å². The molecule has 0 unspecified atom stereocenters. The van der Waals surface area contributed by atoms with E-state index in [4.69, 9.17) is 4.74 Å². The van der Waals surface area contributed by atoms with Crippen molar-refractivity contribution in [2.45, 2.75) is 57.0 Å². The van der Waals surface area contributed by atoms with Crippen molar-refractivity contribution in [2.24, 2.45) is 5.92 Å². The van der Waals surface area contributed by atoms with Crippen molar-refractivity contribution in [3.05, 3.63) is 29.8 Å². The number of rotatable bonds is 3. The normalized spacial score (nSPS) is 22.7. The molecule has 4 rings (SSSR count). The second kappa shape index (κ2) is 7.39. The maximum Gasteiger partial charge on any atom is 0.254 e. The van der Waals surface area contributed by atoms with Gasteiger partial charge in [0.1, 0.15) is 0 Å². The number of morpholine rings is 1. The molecule has 1 N–H and O–H groups in total. The van der Waals surface area contributed by atoms with Gasteiger partial charge < -0.3 is 15.0 Å². The minimum absolute atomic E-state index is 0.0355. The first-order chi connectivity index (χ1) is 12.7. The van der Waals surface area contributed by atoms with Crippen molar-refractivity contribution in [1.29, 1.82) is 0 Å². The third-order valence-corrected chi connectivity index (χ3v) is 6.15. The Kier molecular flexibility index (Phi) is 4.98. The molecule has 1 saturated heterocycles. The molecule has 1 spiro atoms. The molecular formula is C21H28N2O3. The summed E-state index contributed by atoms with van der Waals surface area (Å²) in [5.41, 5.74) is 1.27. The Labute approximate surface area is 155 Å². The van der Waals surface area contributed by atoms with Crippen LogP contribution in [0.5, 0.6) is 0 Å². The maximum absolute atomic E-state index is 12.9. The van der Waals surface area contributed by atoms with Gasteiger partial charge in [0.25, 0.3) is 5.91 Å². The number of carbonyl (C=O) groups is 2. The molecule has 1 aromatic rings. The van der Waals surface area contributed by atoms with E-state index in [9.17, 15) is 9.59 Å².